The number of hydrogen-bond donors (Lipinski definition) is 0. The summed E-state index contributed by atoms with van der Waals surface area (Å²) in [5, 5.41) is 1.14. The van der Waals surface area contributed by atoms with E-state index in [1.54, 1.807) is 48.5 Å². The Hall–Kier alpha value is -2.04. The molecule has 0 N–H and O–H groups in total. The van der Waals surface area contributed by atoms with Gasteiger partial charge in [-0.2, -0.15) is 0 Å². The van der Waals surface area contributed by atoms with Crippen LogP contribution in [-0.4, -0.2) is 24.1 Å². The molecule has 4 saturated carbocycles. The molecule has 4 aliphatic rings. The minimum Gasteiger partial charge on any atom is -0.455 e. The summed E-state index contributed by atoms with van der Waals surface area (Å²) in [6, 6.07) is 13.6. The summed E-state index contributed by atoms with van der Waals surface area (Å²) in [7, 11) is 0. The van der Waals surface area contributed by atoms with Crippen molar-refractivity contribution in [2.75, 3.05) is 0 Å². The van der Waals surface area contributed by atoms with Gasteiger partial charge in [0, 0.05) is 10.0 Å². The predicted octanol–water partition coefficient (Wildman–Crippen LogP) is 11.5. The summed E-state index contributed by atoms with van der Waals surface area (Å²) in [6.45, 7) is 12.3. The molecule has 6 rings (SSSR count). The summed E-state index contributed by atoms with van der Waals surface area (Å²) in [6.07, 6.45) is 12.1. The highest BCUT2D eigenvalue weighted by Crippen LogP contribution is 2.68. The zero-order valence-electron chi connectivity index (χ0n) is 29.0. The molecule has 47 heavy (non-hydrogen) atoms. The van der Waals surface area contributed by atoms with Crippen molar-refractivity contribution in [1.82, 2.24) is 0 Å². The average molecular weight is 682 g/mol. The van der Waals surface area contributed by atoms with E-state index in [9.17, 15) is 9.59 Å². The van der Waals surface area contributed by atoms with Gasteiger partial charge in [-0.25, -0.2) is 9.59 Å². The van der Waals surface area contributed by atoms with Gasteiger partial charge in [-0.1, -0.05) is 77.1 Å². The number of carbonyl (C=O) groups is 2. The Morgan fingerprint density at radius 2 is 1.32 bits per heavy atom. The fraction of sp³-hybridized carbons (Fsp3) is 0.659. The van der Waals surface area contributed by atoms with Crippen LogP contribution in [0.5, 0.6) is 0 Å². The Kier molecular flexibility index (Phi) is 10.4. The van der Waals surface area contributed by atoms with Gasteiger partial charge in [0.15, 0.2) is 0 Å². The maximum atomic E-state index is 13.5. The van der Waals surface area contributed by atoms with Crippen molar-refractivity contribution in [3.05, 3.63) is 69.7 Å². The second-order valence-corrected chi connectivity index (χ2v) is 17.4. The SMILES string of the molecule is CC(C)CCC[C@@H](C)C1CCC2C3CC[C@H]4C[C@H](OC(=O)c5ccc(Cl)cc5)C(OC(=O)c5ccc(Cl)cc5)CC4(C)C3CCC21C. The largest absolute Gasteiger partial charge is 0.455 e. The molecule has 0 radical (unpaired) electrons. The van der Waals surface area contributed by atoms with E-state index < -0.39 is 24.1 Å². The molecule has 0 amide bonds. The molecule has 0 heterocycles. The van der Waals surface area contributed by atoms with Gasteiger partial charge in [-0.3, -0.25) is 0 Å². The molecule has 4 fully saturated rings. The normalized spacial score (nSPS) is 35.4. The highest BCUT2D eigenvalue weighted by atomic mass is 35.5. The van der Waals surface area contributed by atoms with Crippen LogP contribution in [0.1, 0.15) is 126 Å². The second-order valence-electron chi connectivity index (χ2n) is 16.5. The van der Waals surface area contributed by atoms with Crippen molar-refractivity contribution in [3.8, 4) is 0 Å². The molecular formula is C41H54Cl2O4. The fourth-order valence-corrected chi connectivity index (χ4v) is 11.3. The molecular weight excluding hydrogens is 627 g/mol. The van der Waals surface area contributed by atoms with Crippen molar-refractivity contribution in [1.29, 1.82) is 0 Å². The lowest BCUT2D eigenvalue weighted by atomic mass is 9.44. The molecule has 0 aromatic heterocycles. The van der Waals surface area contributed by atoms with E-state index >= 15 is 0 Å². The first-order valence-corrected chi connectivity index (χ1v) is 19.1. The van der Waals surface area contributed by atoms with Gasteiger partial charge < -0.3 is 9.47 Å². The maximum absolute atomic E-state index is 13.5. The summed E-state index contributed by atoms with van der Waals surface area (Å²) in [4.78, 5) is 26.8. The number of benzene rings is 2. The van der Waals surface area contributed by atoms with Crippen LogP contribution in [0.2, 0.25) is 10.0 Å². The molecule has 6 heteroatoms. The first-order valence-electron chi connectivity index (χ1n) is 18.3. The maximum Gasteiger partial charge on any atom is 0.338 e. The molecule has 0 spiro atoms. The third-order valence-electron chi connectivity index (χ3n) is 13.5. The zero-order valence-corrected chi connectivity index (χ0v) is 30.5. The van der Waals surface area contributed by atoms with Crippen LogP contribution in [0.3, 0.4) is 0 Å². The molecule has 4 aliphatic carbocycles. The summed E-state index contributed by atoms with van der Waals surface area (Å²) < 4.78 is 12.5. The number of rotatable bonds is 9. The Bertz CT molecular complexity index is 1410. The van der Waals surface area contributed by atoms with E-state index in [-0.39, 0.29) is 5.41 Å². The zero-order chi connectivity index (χ0) is 33.5. The Morgan fingerprint density at radius 3 is 1.91 bits per heavy atom. The van der Waals surface area contributed by atoms with Gasteiger partial charge in [0.2, 0.25) is 0 Å². The first-order chi connectivity index (χ1) is 22.4. The van der Waals surface area contributed by atoms with Crippen LogP contribution in [0.4, 0.5) is 0 Å². The van der Waals surface area contributed by atoms with Gasteiger partial charge in [-0.05, 0) is 152 Å². The number of esters is 2. The lowest BCUT2D eigenvalue weighted by molar-refractivity contribution is -0.163. The molecule has 10 atom stereocenters. The van der Waals surface area contributed by atoms with E-state index in [1.807, 2.05) is 0 Å². The van der Waals surface area contributed by atoms with E-state index in [4.69, 9.17) is 32.7 Å². The van der Waals surface area contributed by atoms with E-state index in [0.29, 0.717) is 44.3 Å². The standard InChI is InChI=1S/C41H54Cl2O4/c1-25(2)7-6-8-26(3)33-19-20-34-32-18-13-29-23-36(46-38(44)27-9-14-30(42)15-10-27)37(47-39(45)28-11-16-31(43)17-12-28)24-41(29,5)35(32)21-22-40(33,34)4/h9-12,14-17,25-26,29,32-37H,6-8,13,18-24H2,1-5H3/t26-,29+,32?,33?,34?,35?,36+,37?,40?,41?/m1/s1. The van der Waals surface area contributed by atoms with Crippen LogP contribution in [0.25, 0.3) is 0 Å². The van der Waals surface area contributed by atoms with Gasteiger partial charge in [0.25, 0.3) is 0 Å². The minimum absolute atomic E-state index is 0.0271. The van der Waals surface area contributed by atoms with Crippen LogP contribution in [0, 0.1) is 52.3 Å². The van der Waals surface area contributed by atoms with Crippen molar-refractivity contribution in [3.63, 3.8) is 0 Å². The minimum atomic E-state index is -0.514. The number of fused-ring (bicyclic) bond motifs is 5. The molecule has 0 saturated heterocycles. The summed E-state index contributed by atoms with van der Waals surface area (Å²) in [5.74, 6) is 4.10. The van der Waals surface area contributed by atoms with E-state index in [1.165, 1.54) is 51.4 Å². The quantitative estimate of drug-likeness (QED) is 0.247. The van der Waals surface area contributed by atoms with Gasteiger partial charge in [0.05, 0.1) is 11.1 Å². The van der Waals surface area contributed by atoms with Crippen LogP contribution in [-0.2, 0) is 9.47 Å². The topological polar surface area (TPSA) is 52.6 Å². The first kappa shape index (κ1) is 34.8. The van der Waals surface area contributed by atoms with Crippen molar-refractivity contribution in [2.24, 2.45) is 52.3 Å². The summed E-state index contributed by atoms with van der Waals surface area (Å²) in [5.41, 5.74) is 1.36. The predicted molar refractivity (Wildman–Crippen MR) is 190 cm³/mol. The number of hydrogen-bond acceptors (Lipinski definition) is 4. The van der Waals surface area contributed by atoms with Crippen LogP contribution < -0.4 is 0 Å². The lowest BCUT2D eigenvalue weighted by Crippen LogP contribution is -2.58. The average Bonchev–Trinajstić information content (AvgIpc) is 3.39. The Balaban J connectivity index is 1.22. The van der Waals surface area contributed by atoms with Gasteiger partial charge in [-0.15, -0.1) is 0 Å². The lowest BCUT2D eigenvalue weighted by Gasteiger charge is -2.62. The number of halogens is 2. The molecule has 2 aromatic carbocycles. The molecule has 0 aliphatic heterocycles. The molecule has 7 unspecified atom stereocenters. The number of ether oxygens (including phenoxy) is 2. The third-order valence-corrected chi connectivity index (χ3v) is 14.0. The highest BCUT2D eigenvalue weighted by Gasteiger charge is 2.62. The van der Waals surface area contributed by atoms with E-state index in [2.05, 4.69) is 34.6 Å². The second kappa shape index (κ2) is 14.1. The van der Waals surface area contributed by atoms with E-state index in [0.717, 1.165) is 42.9 Å². The smallest absolute Gasteiger partial charge is 0.338 e. The Labute approximate surface area is 292 Å². The molecule has 2 aromatic rings. The third kappa shape index (κ3) is 7.03. The monoisotopic (exact) mass is 680 g/mol. The number of carbonyl (C=O) groups excluding carboxylic acids is 2. The highest BCUT2D eigenvalue weighted by molar-refractivity contribution is 6.31. The van der Waals surface area contributed by atoms with Gasteiger partial charge >= 0.3 is 11.9 Å². The molecule has 0 bridgehead atoms. The summed E-state index contributed by atoms with van der Waals surface area (Å²) >= 11 is 12.2. The molecule has 4 nitrogen and oxygen atoms in total. The van der Waals surface area contributed by atoms with Crippen molar-refractivity contribution < 1.29 is 19.1 Å². The van der Waals surface area contributed by atoms with Crippen molar-refractivity contribution in [2.45, 2.75) is 117 Å². The fourth-order valence-electron chi connectivity index (χ4n) is 11.1. The van der Waals surface area contributed by atoms with Crippen molar-refractivity contribution >= 4 is 35.1 Å². The molecule has 256 valence electrons. The Morgan fingerprint density at radius 1 is 0.745 bits per heavy atom. The van der Waals surface area contributed by atoms with Crippen LogP contribution >= 0.6 is 23.2 Å². The van der Waals surface area contributed by atoms with Gasteiger partial charge in [0.1, 0.15) is 12.2 Å². The van der Waals surface area contributed by atoms with Crippen LogP contribution in [0.15, 0.2) is 48.5 Å².